The second-order valence-corrected chi connectivity index (χ2v) is 7.02. The van der Waals surface area contributed by atoms with Crippen LogP contribution in [0.2, 0.25) is 0 Å². The summed E-state index contributed by atoms with van der Waals surface area (Å²) >= 11 is 0. The summed E-state index contributed by atoms with van der Waals surface area (Å²) in [5.74, 6) is -1.05. The van der Waals surface area contributed by atoms with Crippen LogP contribution in [0.1, 0.15) is 39.7 Å². The number of ether oxygens (including phenoxy) is 1. The Hall–Kier alpha value is -2.57. The van der Waals surface area contributed by atoms with Crippen molar-refractivity contribution in [1.82, 2.24) is 10.6 Å². The first-order valence-corrected chi connectivity index (χ1v) is 8.77. The Bertz CT molecular complexity index is 602. The van der Waals surface area contributed by atoms with E-state index in [2.05, 4.69) is 10.6 Å². The number of hydrogen-bond donors (Lipinski definition) is 3. The van der Waals surface area contributed by atoms with Crippen molar-refractivity contribution in [3.63, 3.8) is 0 Å². The molecule has 0 aliphatic heterocycles. The summed E-state index contributed by atoms with van der Waals surface area (Å²) in [6.45, 7) is 7.56. The normalized spacial score (nSPS) is 13.2. The number of hydrogen-bond acceptors (Lipinski definition) is 4. The molecule has 0 heterocycles. The van der Waals surface area contributed by atoms with Gasteiger partial charge < -0.3 is 21.1 Å². The van der Waals surface area contributed by atoms with Crippen molar-refractivity contribution in [2.45, 2.75) is 52.8 Å². The molecule has 0 bridgehead atoms. The fraction of sp³-hybridized carbons (Fsp3) is 0.526. The maximum Gasteiger partial charge on any atom is 0.408 e. The Balaban J connectivity index is 2.64. The van der Waals surface area contributed by atoms with Gasteiger partial charge in [-0.3, -0.25) is 9.59 Å². The average Bonchev–Trinajstić information content (AvgIpc) is 2.57. The second-order valence-electron chi connectivity index (χ2n) is 7.02. The van der Waals surface area contributed by atoms with E-state index < -0.39 is 30.0 Å². The topological polar surface area (TPSA) is 111 Å². The van der Waals surface area contributed by atoms with Crippen molar-refractivity contribution >= 4 is 17.9 Å². The number of primary amides is 1. The third-order valence-corrected chi connectivity index (χ3v) is 3.80. The summed E-state index contributed by atoms with van der Waals surface area (Å²) in [5, 5.41) is 5.18. The van der Waals surface area contributed by atoms with Crippen molar-refractivity contribution in [2.24, 2.45) is 17.6 Å². The highest BCUT2D eigenvalue weighted by Crippen LogP contribution is 2.08. The minimum absolute atomic E-state index is 0.108. The highest BCUT2D eigenvalue weighted by atomic mass is 16.5. The van der Waals surface area contributed by atoms with Gasteiger partial charge in [-0.1, -0.05) is 58.0 Å². The lowest BCUT2D eigenvalue weighted by Gasteiger charge is -2.24. The van der Waals surface area contributed by atoms with Crippen LogP contribution in [0.5, 0.6) is 0 Å². The van der Waals surface area contributed by atoms with Crippen LogP contribution in [0.25, 0.3) is 0 Å². The molecule has 0 spiro atoms. The molecule has 1 rings (SSSR count). The van der Waals surface area contributed by atoms with Crippen molar-refractivity contribution in [2.75, 3.05) is 0 Å². The van der Waals surface area contributed by atoms with Gasteiger partial charge in [0.25, 0.3) is 0 Å². The SMILES string of the molecule is CC(C)C[C@@H](NC(=O)[C@@H](NC(=O)OCc1ccccc1)C(C)C)C(N)=O. The number of nitrogens with two attached hydrogens (primary N) is 1. The van der Waals surface area contributed by atoms with Crippen LogP contribution in [-0.4, -0.2) is 30.0 Å². The van der Waals surface area contributed by atoms with Crippen LogP contribution < -0.4 is 16.4 Å². The van der Waals surface area contributed by atoms with E-state index in [4.69, 9.17) is 10.5 Å². The Morgan fingerprint density at radius 2 is 1.65 bits per heavy atom. The molecule has 4 N–H and O–H groups in total. The van der Waals surface area contributed by atoms with Crippen LogP contribution in [0.3, 0.4) is 0 Å². The van der Waals surface area contributed by atoms with Crippen LogP contribution in [0.4, 0.5) is 4.79 Å². The molecule has 3 amide bonds. The van der Waals surface area contributed by atoms with Crippen LogP contribution in [-0.2, 0) is 20.9 Å². The molecular weight excluding hydrogens is 334 g/mol. The summed E-state index contributed by atoms with van der Waals surface area (Å²) in [6.07, 6.45) is -0.258. The Kier molecular flexibility index (Phi) is 8.61. The minimum Gasteiger partial charge on any atom is -0.445 e. The van der Waals surface area contributed by atoms with Crippen LogP contribution in [0.15, 0.2) is 30.3 Å². The van der Waals surface area contributed by atoms with Gasteiger partial charge in [-0.2, -0.15) is 0 Å². The summed E-state index contributed by atoms with van der Waals surface area (Å²) in [5.41, 5.74) is 6.20. The molecule has 0 aliphatic rings. The largest absolute Gasteiger partial charge is 0.445 e. The maximum absolute atomic E-state index is 12.5. The zero-order valence-electron chi connectivity index (χ0n) is 15.8. The van der Waals surface area contributed by atoms with Gasteiger partial charge in [0.05, 0.1) is 0 Å². The molecule has 0 aliphatic carbocycles. The van der Waals surface area contributed by atoms with E-state index in [0.717, 1.165) is 5.56 Å². The summed E-state index contributed by atoms with van der Waals surface area (Å²) < 4.78 is 5.15. The molecule has 2 atom stereocenters. The highest BCUT2D eigenvalue weighted by molar-refractivity contribution is 5.90. The molecule has 1 aromatic carbocycles. The van der Waals surface area contributed by atoms with Gasteiger partial charge in [0.2, 0.25) is 11.8 Å². The number of carbonyl (C=O) groups excluding carboxylic acids is 3. The number of amides is 3. The molecule has 7 heteroatoms. The smallest absolute Gasteiger partial charge is 0.408 e. The minimum atomic E-state index is -0.827. The zero-order valence-corrected chi connectivity index (χ0v) is 15.8. The second kappa shape index (κ2) is 10.4. The van der Waals surface area contributed by atoms with Gasteiger partial charge >= 0.3 is 6.09 Å². The Labute approximate surface area is 154 Å². The van der Waals surface area contributed by atoms with Gasteiger partial charge in [-0.05, 0) is 23.8 Å². The number of benzene rings is 1. The summed E-state index contributed by atoms with van der Waals surface area (Å²) in [7, 11) is 0. The predicted molar refractivity (Wildman–Crippen MR) is 99.0 cm³/mol. The number of carbonyl (C=O) groups is 3. The van der Waals surface area contributed by atoms with Gasteiger partial charge in [0, 0.05) is 0 Å². The lowest BCUT2D eigenvalue weighted by atomic mass is 10.0. The summed E-state index contributed by atoms with van der Waals surface area (Å²) in [4.78, 5) is 36.1. The van der Waals surface area contributed by atoms with Crippen LogP contribution in [0, 0.1) is 11.8 Å². The number of rotatable bonds is 9. The molecule has 0 fully saturated rings. The van der Waals surface area contributed by atoms with Crippen molar-refractivity contribution in [3.05, 3.63) is 35.9 Å². The maximum atomic E-state index is 12.5. The van der Waals surface area contributed by atoms with Gasteiger partial charge in [0.1, 0.15) is 18.7 Å². The monoisotopic (exact) mass is 363 g/mol. The molecule has 0 radical (unpaired) electrons. The van der Waals surface area contributed by atoms with Gasteiger partial charge in [-0.25, -0.2) is 4.79 Å². The standard InChI is InChI=1S/C19H29N3O4/c1-12(2)10-15(17(20)23)21-18(24)16(13(3)4)22-19(25)26-11-14-8-6-5-7-9-14/h5-9,12-13,15-16H,10-11H2,1-4H3,(H2,20,23)(H,21,24)(H,22,25)/t15-,16+/m1/s1. The van der Waals surface area contributed by atoms with E-state index in [0.29, 0.717) is 6.42 Å². The molecule has 26 heavy (non-hydrogen) atoms. The van der Waals surface area contributed by atoms with Crippen molar-refractivity contribution < 1.29 is 19.1 Å². The quantitative estimate of drug-likeness (QED) is 0.623. The van der Waals surface area contributed by atoms with Gasteiger partial charge in [-0.15, -0.1) is 0 Å². The molecule has 0 saturated heterocycles. The lowest BCUT2D eigenvalue weighted by Crippen LogP contribution is -2.55. The fourth-order valence-corrected chi connectivity index (χ4v) is 2.41. The molecule has 1 aromatic rings. The Morgan fingerprint density at radius 3 is 2.15 bits per heavy atom. The van der Waals surface area contributed by atoms with E-state index in [-0.39, 0.29) is 18.4 Å². The fourth-order valence-electron chi connectivity index (χ4n) is 2.41. The predicted octanol–water partition coefficient (Wildman–Crippen LogP) is 1.95. The molecule has 0 unspecified atom stereocenters. The zero-order chi connectivity index (χ0) is 19.7. The van der Waals surface area contributed by atoms with E-state index in [1.807, 2.05) is 44.2 Å². The Morgan fingerprint density at radius 1 is 1.04 bits per heavy atom. The number of alkyl carbamates (subject to hydrolysis) is 1. The first-order chi connectivity index (χ1) is 12.2. The average molecular weight is 363 g/mol. The third-order valence-electron chi connectivity index (χ3n) is 3.80. The molecule has 7 nitrogen and oxygen atoms in total. The number of nitrogens with one attached hydrogen (secondary N) is 2. The van der Waals surface area contributed by atoms with E-state index in [1.165, 1.54) is 0 Å². The molecule has 144 valence electrons. The van der Waals surface area contributed by atoms with Gasteiger partial charge in [0.15, 0.2) is 0 Å². The van der Waals surface area contributed by atoms with Crippen molar-refractivity contribution in [3.8, 4) is 0 Å². The first-order valence-electron chi connectivity index (χ1n) is 8.77. The molecular formula is C19H29N3O4. The summed E-state index contributed by atoms with van der Waals surface area (Å²) in [6, 6.07) is 7.64. The molecule has 0 aromatic heterocycles. The molecule has 0 saturated carbocycles. The van der Waals surface area contributed by atoms with E-state index in [1.54, 1.807) is 13.8 Å². The first kappa shape index (κ1) is 21.5. The third kappa shape index (κ3) is 7.55. The van der Waals surface area contributed by atoms with Crippen LogP contribution >= 0.6 is 0 Å². The van der Waals surface area contributed by atoms with Crippen molar-refractivity contribution in [1.29, 1.82) is 0 Å². The highest BCUT2D eigenvalue weighted by Gasteiger charge is 2.28. The van der Waals surface area contributed by atoms with E-state index in [9.17, 15) is 14.4 Å². The van der Waals surface area contributed by atoms with E-state index >= 15 is 0 Å². The lowest BCUT2D eigenvalue weighted by molar-refractivity contribution is -0.129.